The van der Waals surface area contributed by atoms with E-state index in [1.165, 1.54) is 31.8 Å². The summed E-state index contributed by atoms with van der Waals surface area (Å²) < 4.78 is 50.4. The lowest BCUT2D eigenvalue weighted by atomic mass is 10.0. The molecule has 4 aromatic rings. The SMILES string of the molecule is COc1cccc(F)c1CNc1ccc(-c2cnc(OC(F)F)cc2C)c2nncn12. The van der Waals surface area contributed by atoms with Crippen molar-refractivity contribution in [3.05, 3.63) is 65.9 Å². The third kappa shape index (κ3) is 4.09. The molecule has 0 spiro atoms. The van der Waals surface area contributed by atoms with Crippen molar-refractivity contribution in [1.29, 1.82) is 0 Å². The number of aryl methyl sites for hydroxylation is 1. The van der Waals surface area contributed by atoms with Gasteiger partial charge in [-0.3, -0.25) is 4.40 Å². The molecule has 0 aliphatic carbocycles. The zero-order chi connectivity index (χ0) is 22.0. The van der Waals surface area contributed by atoms with Crippen molar-refractivity contribution in [2.24, 2.45) is 0 Å². The maximum atomic E-state index is 14.2. The summed E-state index contributed by atoms with van der Waals surface area (Å²) in [5, 5.41) is 11.3. The first-order valence-corrected chi connectivity index (χ1v) is 9.27. The van der Waals surface area contributed by atoms with Crippen LogP contribution in [0.5, 0.6) is 11.6 Å². The van der Waals surface area contributed by atoms with Crippen LogP contribution in [-0.4, -0.2) is 33.3 Å². The van der Waals surface area contributed by atoms with Gasteiger partial charge in [0.1, 0.15) is 23.7 Å². The average Bonchev–Trinajstić information content (AvgIpc) is 3.23. The van der Waals surface area contributed by atoms with Crippen molar-refractivity contribution >= 4 is 11.5 Å². The Morgan fingerprint density at radius 2 is 2.00 bits per heavy atom. The highest BCUT2D eigenvalue weighted by atomic mass is 19.3. The Morgan fingerprint density at radius 1 is 1.16 bits per heavy atom. The van der Waals surface area contributed by atoms with E-state index in [-0.39, 0.29) is 18.2 Å². The molecule has 10 heteroatoms. The lowest BCUT2D eigenvalue weighted by Crippen LogP contribution is -2.07. The summed E-state index contributed by atoms with van der Waals surface area (Å²) in [7, 11) is 1.49. The van der Waals surface area contributed by atoms with Gasteiger partial charge in [0.05, 0.1) is 7.11 Å². The van der Waals surface area contributed by atoms with Gasteiger partial charge in [-0.2, -0.15) is 8.78 Å². The van der Waals surface area contributed by atoms with Crippen LogP contribution in [0.25, 0.3) is 16.8 Å². The Morgan fingerprint density at radius 3 is 2.74 bits per heavy atom. The Bertz CT molecular complexity index is 1230. The number of aromatic nitrogens is 4. The summed E-state index contributed by atoms with van der Waals surface area (Å²) in [5.74, 6) is 0.538. The number of benzene rings is 1. The standard InChI is InChI=1S/C21H18F3N5O2/c1-12-8-19(31-21(23)24)26-9-14(12)13-6-7-18(29-11-27-28-20(13)29)25-10-15-16(22)4-3-5-17(15)30-2/h3-9,11,21,25H,10H2,1-2H3. The molecule has 0 amide bonds. The van der Waals surface area contributed by atoms with Crippen molar-refractivity contribution in [3.63, 3.8) is 0 Å². The van der Waals surface area contributed by atoms with Gasteiger partial charge in [-0.1, -0.05) is 6.07 Å². The van der Waals surface area contributed by atoms with Crippen LogP contribution in [0.3, 0.4) is 0 Å². The van der Waals surface area contributed by atoms with E-state index in [9.17, 15) is 13.2 Å². The summed E-state index contributed by atoms with van der Waals surface area (Å²) >= 11 is 0. The first-order valence-electron chi connectivity index (χ1n) is 9.27. The van der Waals surface area contributed by atoms with E-state index in [4.69, 9.17) is 4.74 Å². The molecule has 31 heavy (non-hydrogen) atoms. The molecular weight excluding hydrogens is 411 g/mol. The van der Waals surface area contributed by atoms with E-state index in [1.54, 1.807) is 29.5 Å². The molecule has 3 aromatic heterocycles. The van der Waals surface area contributed by atoms with Gasteiger partial charge in [-0.05, 0) is 36.8 Å². The fraction of sp³-hybridized carbons (Fsp3) is 0.190. The molecule has 4 rings (SSSR count). The molecule has 0 unspecified atom stereocenters. The highest BCUT2D eigenvalue weighted by molar-refractivity contribution is 5.80. The molecule has 1 N–H and O–H groups in total. The smallest absolute Gasteiger partial charge is 0.388 e. The molecule has 0 saturated carbocycles. The summed E-state index contributed by atoms with van der Waals surface area (Å²) in [5.41, 5.74) is 3.01. The Balaban J connectivity index is 1.66. The summed E-state index contributed by atoms with van der Waals surface area (Å²) in [6.45, 7) is -0.999. The average molecular weight is 429 g/mol. The minimum Gasteiger partial charge on any atom is -0.496 e. The maximum Gasteiger partial charge on any atom is 0.388 e. The van der Waals surface area contributed by atoms with Crippen molar-refractivity contribution in [3.8, 4) is 22.8 Å². The summed E-state index contributed by atoms with van der Waals surface area (Å²) in [4.78, 5) is 3.94. The number of hydrogen-bond donors (Lipinski definition) is 1. The lowest BCUT2D eigenvalue weighted by Gasteiger charge is -2.14. The number of hydrogen-bond acceptors (Lipinski definition) is 6. The van der Waals surface area contributed by atoms with Crippen molar-refractivity contribution in [1.82, 2.24) is 19.6 Å². The zero-order valence-corrected chi connectivity index (χ0v) is 16.6. The molecule has 0 aliphatic rings. The topological polar surface area (TPSA) is 73.6 Å². The number of nitrogens with zero attached hydrogens (tertiary/aromatic N) is 4. The van der Waals surface area contributed by atoms with Crippen LogP contribution in [0.2, 0.25) is 0 Å². The Labute approximate surface area is 175 Å². The molecule has 0 saturated heterocycles. The number of nitrogens with one attached hydrogen (secondary N) is 1. The van der Waals surface area contributed by atoms with Crippen molar-refractivity contribution < 1.29 is 22.6 Å². The number of anilines is 1. The third-order valence-electron chi connectivity index (χ3n) is 4.78. The van der Waals surface area contributed by atoms with Gasteiger partial charge in [-0.15, -0.1) is 10.2 Å². The van der Waals surface area contributed by atoms with Gasteiger partial charge >= 0.3 is 6.61 Å². The number of ether oxygens (including phenoxy) is 2. The molecule has 0 aliphatic heterocycles. The third-order valence-corrected chi connectivity index (χ3v) is 4.78. The van der Waals surface area contributed by atoms with Gasteiger partial charge in [0.25, 0.3) is 0 Å². The molecule has 0 bridgehead atoms. The molecule has 7 nitrogen and oxygen atoms in total. The van der Waals surface area contributed by atoms with Crippen molar-refractivity contribution in [2.75, 3.05) is 12.4 Å². The Hall–Kier alpha value is -3.82. The first-order chi connectivity index (χ1) is 15.0. The monoisotopic (exact) mass is 429 g/mol. The van der Waals surface area contributed by atoms with E-state index in [2.05, 4.69) is 25.2 Å². The predicted molar refractivity (Wildman–Crippen MR) is 108 cm³/mol. The number of alkyl halides is 2. The number of rotatable bonds is 7. The highest BCUT2D eigenvalue weighted by Crippen LogP contribution is 2.30. The van der Waals surface area contributed by atoms with Crippen LogP contribution in [-0.2, 0) is 6.54 Å². The van der Waals surface area contributed by atoms with Gasteiger partial charge in [0, 0.05) is 35.5 Å². The molecular formula is C21H18F3N5O2. The molecule has 1 aromatic carbocycles. The highest BCUT2D eigenvalue weighted by Gasteiger charge is 2.15. The van der Waals surface area contributed by atoms with Crippen molar-refractivity contribution in [2.45, 2.75) is 20.1 Å². The second kappa shape index (κ2) is 8.50. The van der Waals surface area contributed by atoms with E-state index in [0.717, 1.165) is 0 Å². The molecule has 0 atom stereocenters. The molecule has 0 radical (unpaired) electrons. The van der Waals surface area contributed by atoms with E-state index in [0.29, 0.717) is 39.5 Å². The second-order valence-electron chi connectivity index (χ2n) is 6.65. The minimum absolute atomic E-state index is 0.161. The van der Waals surface area contributed by atoms with E-state index in [1.807, 2.05) is 6.07 Å². The van der Waals surface area contributed by atoms with Crippen LogP contribution in [0, 0.1) is 12.7 Å². The predicted octanol–water partition coefficient (Wildman–Crippen LogP) is 4.46. The Kier molecular flexibility index (Phi) is 5.61. The van der Waals surface area contributed by atoms with Gasteiger partial charge in [0.2, 0.25) is 5.88 Å². The fourth-order valence-corrected chi connectivity index (χ4v) is 3.31. The van der Waals surface area contributed by atoms with Crippen LogP contribution in [0.4, 0.5) is 19.0 Å². The van der Waals surface area contributed by atoms with Crippen LogP contribution in [0.1, 0.15) is 11.1 Å². The van der Waals surface area contributed by atoms with Gasteiger partial charge in [0.15, 0.2) is 5.65 Å². The quantitative estimate of drug-likeness (QED) is 0.468. The number of methoxy groups -OCH3 is 1. The fourth-order valence-electron chi connectivity index (χ4n) is 3.31. The maximum absolute atomic E-state index is 14.2. The number of pyridine rings is 2. The second-order valence-corrected chi connectivity index (χ2v) is 6.65. The van der Waals surface area contributed by atoms with Gasteiger partial charge in [-0.25, -0.2) is 9.37 Å². The van der Waals surface area contributed by atoms with E-state index >= 15 is 0 Å². The largest absolute Gasteiger partial charge is 0.496 e. The van der Waals surface area contributed by atoms with E-state index < -0.39 is 6.61 Å². The van der Waals surface area contributed by atoms with Crippen LogP contribution >= 0.6 is 0 Å². The normalized spacial score (nSPS) is 11.2. The summed E-state index contributed by atoms with van der Waals surface area (Å²) in [6, 6.07) is 9.68. The summed E-state index contributed by atoms with van der Waals surface area (Å²) in [6.07, 6.45) is 2.98. The van der Waals surface area contributed by atoms with Crippen LogP contribution < -0.4 is 14.8 Å². The minimum atomic E-state index is -2.95. The number of halogens is 3. The van der Waals surface area contributed by atoms with Gasteiger partial charge < -0.3 is 14.8 Å². The molecule has 0 fully saturated rings. The molecule has 160 valence electrons. The molecule has 3 heterocycles. The zero-order valence-electron chi connectivity index (χ0n) is 16.6. The van der Waals surface area contributed by atoms with Crippen LogP contribution in [0.15, 0.2) is 48.9 Å². The first kappa shape index (κ1) is 20.5. The number of fused-ring (bicyclic) bond motifs is 1. The lowest BCUT2D eigenvalue weighted by molar-refractivity contribution is -0.0528.